The number of aromatic nitrogens is 1. The normalized spacial score (nSPS) is 15.3. The van der Waals surface area contributed by atoms with Gasteiger partial charge < -0.3 is 19.4 Å². The third-order valence-corrected chi connectivity index (χ3v) is 7.66. The lowest BCUT2D eigenvalue weighted by atomic mass is 10.1. The van der Waals surface area contributed by atoms with E-state index in [0.717, 1.165) is 12.8 Å². The van der Waals surface area contributed by atoms with E-state index in [1.807, 2.05) is 0 Å². The number of carbonyl (C=O) groups excluding carboxylic acids is 3. The van der Waals surface area contributed by atoms with E-state index in [0.29, 0.717) is 29.8 Å². The second-order valence-electron chi connectivity index (χ2n) is 8.93. The first-order chi connectivity index (χ1) is 17.8. The van der Waals surface area contributed by atoms with E-state index in [1.165, 1.54) is 4.90 Å². The lowest BCUT2D eigenvalue weighted by Gasteiger charge is -2.23. The zero-order valence-corrected chi connectivity index (χ0v) is 21.3. The van der Waals surface area contributed by atoms with Gasteiger partial charge in [-0.2, -0.15) is 0 Å². The number of sulfone groups is 1. The Hall–Kier alpha value is -3.73. The van der Waals surface area contributed by atoms with Gasteiger partial charge in [0, 0.05) is 13.1 Å². The van der Waals surface area contributed by atoms with Gasteiger partial charge in [-0.1, -0.05) is 49.4 Å². The first kappa shape index (κ1) is 26.3. The van der Waals surface area contributed by atoms with E-state index in [4.69, 9.17) is 9.15 Å². The second kappa shape index (κ2) is 11.5. The molecule has 2 amide bonds. The quantitative estimate of drug-likeness (QED) is 0.397. The maximum atomic E-state index is 13.2. The first-order valence-corrected chi connectivity index (χ1v) is 14.0. The molecule has 0 spiro atoms. The largest absolute Gasteiger partial charge is 0.435 e. The summed E-state index contributed by atoms with van der Waals surface area (Å²) in [7, 11) is -3.85. The molecule has 10 nitrogen and oxygen atoms in total. The van der Waals surface area contributed by atoms with E-state index >= 15 is 0 Å². The fraction of sp³-hybridized carbons (Fsp3) is 0.385. The molecule has 2 atom stereocenters. The number of likely N-dealkylation sites (tertiary alicyclic amines) is 1. The van der Waals surface area contributed by atoms with Crippen molar-refractivity contribution in [2.75, 3.05) is 18.8 Å². The zero-order valence-electron chi connectivity index (χ0n) is 20.5. The molecule has 1 aliphatic rings. The Labute approximate surface area is 214 Å². The van der Waals surface area contributed by atoms with Gasteiger partial charge in [-0.05, 0) is 37.0 Å². The number of hydrogen-bond donors (Lipinski definition) is 1. The van der Waals surface area contributed by atoms with Crippen LogP contribution in [0.3, 0.4) is 0 Å². The average Bonchev–Trinajstić information content (AvgIpc) is 3.57. The summed E-state index contributed by atoms with van der Waals surface area (Å²) in [5, 5.41) is 2.54. The molecule has 0 radical (unpaired) electrons. The molecular formula is C26H29N3O7S. The average molecular weight is 528 g/mol. The summed E-state index contributed by atoms with van der Waals surface area (Å²) in [5.74, 6) is -2.65. The van der Waals surface area contributed by atoms with Crippen LogP contribution in [0.25, 0.3) is 11.1 Å². The van der Waals surface area contributed by atoms with Gasteiger partial charge in [0.1, 0.15) is 5.52 Å². The Balaban J connectivity index is 1.51. The molecule has 4 rings (SSSR count). The number of rotatable bonds is 10. The predicted octanol–water partition coefficient (Wildman–Crippen LogP) is 3.12. The van der Waals surface area contributed by atoms with Gasteiger partial charge >= 0.3 is 6.09 Å². The van der Waals surface area contributed by atoms with Crippen LogP contribution in [0.5, 0.6) is 0 Å². The number of para-hydroxylation sites is 2. The smallest absolute Gasteiger partial charge is 0.410 e. The topological polar surface area (TPSA) is 136 Å². The van der Waals surface area contributed by atoms with Crippen LogP contribution in [0.1, 0.15) is 42.4 Å². The molecule has 0 unspecified atom stereocenters. The monoisotopic (exact) mass is 527 g/mol. The van der Waals surface area contributed by atoms with Gasteiger partial charge in [-0.25, -0.2) is 18.2 Å². The number of nitrogens with zero attached hydrogens (tertiary/aromatic N) is 2. The van der Waals surface area contributed by atoms with Crippen molar-refractivity contribution in [3.05, 3.63) is 66.1 Å². The van der Waals surface area contributed by atoms with Crippen molar-refractivity contribution in [2.45, 2.75) is 44.1 Å². The van der Waals surface area contributed by atoms with Crippen molar-refractivity contribution in [1.82, 2.24) is 15.2 Å². The lowest BCUT2D eigenvalue weighted by Crippen LogP contribution is -2.49. The molecule has 0 saturated carbocycles. The number of Topliss-reactive ketones (excluding diaryl/α,β-unsaturated/α-hetero) is 1. The van der Waals surface area contributed by atoms with Gasteiger partial charge in [-0.15, -0.1) is 0 Å². The molecule has 1 saturated heterocycles. The van der Waals surface area contributed by atoms with E-state index in [-0.39, 0.29) is 18.1 Å². The molecule has 11 heteroatoms. The van der Waals surface area contributed by atoms with Crippen molar-refractivity contribution in [3.8, 4) is 0 Å². The minimum atomic E-state index is -3.85. The number of oxazole rings is 1. The molecule has 2 aromatic carbocycles. The number of hydrogen-bond acceptors (Lipinski definition) is 8. The molecule has 37 heavy (non-hydrogen) atoms. The van der Waals surface area contributed by atoms with E-state index in [2.05, 4.69) is 10.3 Å². The minimum absolute atomic E-state index is 0.171. The van der Waals surface area contributed by atoms with Crippen molar-refractivity contribution in [3.63, 3.8) is 0 Å². The summed E-state index contributed by atoms with van der Waals surface area (Å²) in [4.78, 5) is 44.6. The van der Waals surface area contributed by atoms with Crippen molar-refractivity contribution in [2.24, 2.45) is 0 Å². The third-order valence-electron chi connectivity index (χ3n) is 6.08. The van der Waals surface area contributed by atoms with Crippen LogP contribution in [0, 0.1) is 0 Å². The Kier molecular flexibility index (Phi) is 8.22. The highest BCUT2D eigenvalue weighted by molar-refractivity contribution is 7.90. The highest BCUT2D eigenvalue weighted by Crippen LogP contribution is 2.18. The van der Waals surface area contributed by atoms with Crippen LogP contribution in [0.4, 0.5) is 4.79 Å². The summed E-state index contributed by atoms with van der Waals surface area (Å²) in [6, 6.07) is 14.3. The number of amides is 2. The fourth-order valence-corrected chi connectivity index (χ4v) is 5.62. The van der Waals surface area contributed by atoms with Gasteiger partial charge in [0.2, 0.25) is 5.78 Å². The minimum Gasteiger partial charge on any atom is -0.435 e. The maximum Gasteiger partial charge on any atom is 0.410 e. The number of ketones is 1. The highest BCUT2D eigenvalue weighted by Gasteiger charge is 2.34. The molecule has 3 aromatic rings. The maximum absolute atomic E-state index is 13.2. The number of fused-ring (bicyclic) bond motifs is 1. The van der Waals surface area contributed by atoms with Crippen LogP contribution < -0.4 is 5.32 Å². The van der Waals surface area contributed by atoms with E-state index in [1.54, 1.807) is 61.5 Å². The molecule has 1 aliphatic heterocycles. The Morgan fingerprint density at radius 1 is 1.05 bits per heavy atom. The lowest BCUT2D eigenvalue weighted by molar-refractivity contribution is -0.129. The molecular weight excluding hydrogens is 498 g/mol. The molecule has 1 aromatic heterocycles. The van der Waals surface area contributed by atoms with Gasteiger partial charge in [0.15, 0.2) is 21.5 Å². The van der Waals surface area contributed by atoms with Gasteiger partial charge in [0.05, 0.1) is 17.5 Å². The van der Waals surface area contributed by atoms with Crippen LogP contribution in [-0.2, 0) is 25.1 Å². The summed E-state index contributed by atoms with van der Waals surface area (Å²) in [6.45, 7) is 2.62. The van der Waals surface area contributed by atoms with Gasteiger partial charge in [0.25, 0.3) is 11.8 Å². The number of ether oxygens (including phenoxy) is 1. The Morgan fingerprint density at radius 3 is 2.41 bits per heavy atom. The van der Waals surface area contributed by atoms with E-state index in [9.17, 15) is 22.8 Å². The summed E-state index contributed by atoms with van der Waals surface area (Å²) < 4.78 is 36.8. The molecule has 0 aliphatic carbocycles. The first-order valence-electron chi connectivity index (χ1n) is 12.2. The predicted molar refractivity (Wildman–Crippen MR) is 136 cm³/mol. The zero-order chi connectivity index (χ0) is 26.4. The third kappa shape index (κ3) is 6.73. The van der Waals surface area contributed by atoms with E-state index < -0.39 is 45.5 Å². The van der Waals surface area contributed by atoms with Crippen LogP contribution >= 0.6 is 0 Å². The summed E-state index contributed by atoms with van der Waals surface area (Å²) in [6.07, 6.45) is -0.602. The summed E-state index contributed by atoms with van der Waals surface area (Å²) in [5.41, 5.74) is 1.47. The molecule has 0 bridgehead atoms. The van der Waals surface area contributed by atoms with Crippen LogP contribution in [0.15, 0.2) is 59.0 Å². The van der Waals surface area contributed by atoms with Crippen LogP contribution in [-0.4, -0.2) is 67.1 Å². The molecule has 1 N–H and O–H groups in total. The molecule has 196 valence electrons. The SMILES string of the molecule is CC[C@@H](NC(=O)[C@@H](CS(=O)(=O)Cc1ccccc1)OC(=O)N1CCCC1)C(=O)c1nc2ccccc2o1. The number of nitrogens with one attached hydrogen (secondary N) is 1. The van der Waals surface area contributed by atoms with Gasteiger partial charge in [-0.3, -0.25) is 9.59 Å². The Bertz CT molecular complexity index is 1330. The molecule has 1 fully saturated rings. The fourth-order valence-electron chi connectivity index (χ4n) is 4.12. The van der Waals surface area contributed by atoms with Crippen molar-refractivity contribution < 1.29 is 32.0 Å². The Morgan fingerprint density at radius 2 is 1.73 bits per heavy atom. The second-order valence-corrected chi connectivity index (χ2v) is 11.0. The summed E-state index contributed by atoms with van der Waals surface area (Å²) >= 11 is 0. The van der Waals surface area contributed by atoms with Crippen molar-refractivity contribution >= 4 is 38.7 Å². The number of benzene rings is 2. The standard InChI is InChI=1S/C26H29N3O7S/c1-2-19(23(30)25-28-20-12-6-7-13-21(20)35-25)27-24(31)22(36-26(32)29-14-8-9-15-29)17-37(33,34)16-18-10-4-3-5-11-18/h3-7,10-13,19,22H,2,8-9,14-17H2,1H3,(H,27,31)/t19-,22-/m1/s1. The highest BCUT2D eigenvalue weighted by atomic mass is 32.2. The molecule has 2 heterocycles. The van der Waals surface area contributed by atoms with Crippen molar-refractivity contribution in [1.29, 1.82) is 0 Å². The number of carbonyl (C=O) groups is 3. The van der Waals surface area contributed by atoms with Crippen LogP contribution in [0.2, 0.25) is 0 Å².